The van der Waals surface area contributed by atoms with E-state index in [9.17, 15) is 13.2 Å². The number of halogens is 6. The molecule has 0 aliphatic rings. The van der Waals surface area contributed by atoms with Crippen molar-refractivity contribution in [2.45, 2.75) is 6.18 Å². The topological polar surface area (TPSA) is 12.9 Å². The third-order valence-corrected chi connectivity index (χ3v) is 3.09. The van der Waals surface area contributed by atoms with Crippen LogP contribution in [-0.4, -0.2) is 4.98 Å². The van der Waals surface area contributed by atoms with Crippen molar-refractivity contribution in [2.24, 2.45) is 0 Å². The van der Waals surface area contributed by atoms with Crippen LogP contribution in [0.1, 0.15) is 5.69 Å². The Kier molecular flexibility index (Phi) is 3.29. The zero-order chi connectivity index (χ0) is 10.2. The highest BCUT2D eigenvalue weighted by molar-refractivity contribution is 14.1. The molecule has 0 atom stereocenters. The lowest BCUT2D eigenvalue weighted by Crippen LogP contribution is -2.08. The van der Waals surface area contributed by atoms with Gasteiger partial charge < -0.3 is 0 Å². The highest BCUT2D eigenvalue weighted by atomic mass is 127. The van der Waals surface area contributed by atoms with Crippen LogP contribution in [0.2, 0.25) is 10.2 Å². The summed E-state index contributed by atoms with van der Waals surface area (Å²) in [5.41, 5.74) is -1.04. The van der Waals surface area contributed by atoms with Gasteiger partial charge in [0.1, 0.15) is 10.8 Å². The van der Waals surface area contributed by atoms with E-state index in [1.807, 2.05) is 0 Å². The Balaban J connectivity index is 3.29. The minimum Gasteiger partial charge on any atom is -0.230 e. The van der Waals surface area contributed by atoms with E-state index in [0.29, 0.717) is 0 Å². The molecular formula is C6HCl2F3IN. The Hall–Kier alpha value is 0.250. The summed E-state index contributed by atoms with van der Waals surface area (Å²) in [6.45, 7) is 0. The number of aromatic nitrogens is 1. The molecule has 7 heteroatoms. The molecule has 1 aromatic heterocycles. The van der Waals surface area contributed by atoms with Crippen LogP contribution in [0.4, 0.5) is 13.2 Å². The number of nitrogens with zero attached hydrogens (tertiary/aromatic N) is 1. The van der Waals surface area contributed by atoms with E-state index in [2.05, 4.69) is 4.98 Å². The molecule has 0 saturated heterocycles. The van der Waals surface area contributed by atoms with E-state index in [1.165, 1.54) is 0 Å². The molecule has 1 nitrogen and oxygen atoms in total. The van der Waals surface area contributed by atoms with Gasteiger partial charge in [-0.1, -0.05) is 23.2 Å². The fourth-order valence-electron chi connectivity index (χ4n) is 0.614. The van der Waals surface area contributed by atoms with Gasteiger partial charge in [-0.2, -0.15) is 13.2 Å². The van der Waals surface area contributed by atoms with Crippen molar-refractivity contribution in [3.8, 4) is 0 Å². The predicted molar refractivity (Wildman–Crippen MR) is 52.0 cm³/mol. The summed E-state index contributed by atoms with van der Waals surface area (Å²) in [7, 11) is 0. The fourth-order valence-corrected chi connectivity index (χ4v) is 1.61. The Labute approximate surface area is 95.4 Å². The summed E-state index contributed by atoms with van der Waals surface area (Å²) >= 11 is 12.6. The van der Waals surface area contributed by atoms with Crippen LogP contribution in [0, 0.1) is 3.57 Å². The molecular weight excluding hydrogens is 341 g/mol. The van der Waals surface area contributed by atoms with Crippen LogP contribution in [0.3, 0.4) is 0 Å². The average Bonchev–Trinajstić information content (AvgIpc) is 1.97. The second-order valence-electron chi connectivity index (χ2n) is 2.09. The van der Waals surface area contributed by atoms with Gasteiger partial charge in [0.2, 0.25) is 0 Å². The number of hydrogen-bond acceptors (Lipinski definition) is 1. The molecule has 0 N–H and O–H groups in total. The van der Waals surface area contributed by atoms with Crippen molar-refractivity contribution in [1.82, 2.24) is 4.98 Å². The third-order valence-electron chi connectivity index (χ3n) is 1.16. The molecule has 0 aliphatic heterocycles. The predicted octanol–water partition coefficient (Wildman–Crippen LogP) is 4.01. The lowest BCUT2D eigenvalue weighted by atomic mass is 10.3. The molecule has 0 fully saturated rings. The van der Waals surface area contributed by atoms with Crippen LogP contribution in [0.25, 0.3) is 0 Å². The molecule has 0 aromatic carbocycles. The van der Waals surface area contributed by atoms with Gasteiger partial charge in [0.25, 0.3) is 0 Å². The molecule has 0 spiro atoms. The van der Waals surface area contributed by atoms with E-state index in [4.69, 9.17) is 23.2 Å². The molecule has 1 rings (SSSR count). The Morgan fingerprint density at radius 2 is 1.85 bits per heavy atom. The highest BCUT2D eigenvalue weighted by Gasteiger charge is 2.33. The van der Waals surface area contributed by atoms with E-state index >= 15 is 0 Å². The van der Waals surface area contributed by atoms with Crippen LogP contribution in [0.15, 0.2) is 6.07 Å². The SMILES string of the molecule is FC(F)(F)c1cc(I)c(Cl)c(Cl)n1. The monoisotopic (exact) mass is 341 g/mol. The van der Waals surface area contributed by atoms with Crippen molar-refractivity contribution in [1.29, 1.82) is 0 Å². The van der Waals surface area contributed by atoms with Crippen molar-refractivity contribution >= 4 is 45.8 Å². The van der Waals surface area contributed by atoms with E-state index in [1.54, 1.807) is 22.6 Å². The van der Waals surface area contributed by atoms with Gasteiger partial charge in [0.05, 0.1) is 5.02 Å². The number of hydrogen-bond donors (Lipinski definition) is 0. The third kappa shape index (κ3) is 2.60. The standard InChI is InChI=1S/C6HCl2F3IN/c7-4-2(12)1-3(6(9,10)11)13-5(4)8/h1H. The first-order valence-electron chi connectivity index (χ1n) is 2.91. The van der Waals surface area contributed by atoms with Gasteiger partial charge >= 0.3 is 6.18 Å². The van der Waals surface area contributed by atoms with Crippen molar-refractivity contribution < 1.29 is 13.2 Å². The van der Waals surface area contributed by atoms with E-state index in [-0.39, 0.29) is 13.7 Å². The summed E-state index contributed by atoms with van der Waals surface area (Å²) in [4.78, 5) is 3.11. The quantitative estimate of drug-likeness (QED) is 0.513. The van der Waals surface area contributed by atoms with Gasteiger partial charge in [-0.15, -0.1) is 0 Å². The smallest absolute Gasteiger partial charge is 0.230 e. The second kappa shape index (κ2) is 3.78. The molecule has 0 radical (unpaired) electrons. The van der Waals surface area contributed by atoms with Crippen molar-refractivity contribution in [3.63, 3.8) is 0 Å². The van der Waals surface area contributed by atoms with Crippen LogP contribution >= 0.6 is 45.8 Å². The molecule has 0 bridgehead atoms. The Morgan fingerprint density at radius 3 is 2.23 bits per heavy atom. The van der Waals surface area contributed by atoms with Crippen molar-refractivity contribution in [2.75, 3.05) is 0 Å². The summed E-state index contributed by atoms with van der Waals surface area (Å²) in [6.07, 6.45) is -4.49. The fraction of sp³-hybridized carbons (Fsp3) is 0.167. The average molecular weight is 342 g/mol. The number of pyridine rings is 1. The molecule has 72 valence electrons. The van der Waals surface area contributed by atoms with Crippen LogP contribution < -0.4 is 0 Å². The maximum Gasteiger partial charge on any atom is 0.433 e. The first-order chi connectivity index (χ1) is 5.82. The lowest BCUT2D eigenvalue weighted by Gasteiger charge is -2.07. The second-order valence-corrected chi connectivity index (χ2v) is 3.99. The van der Waals surface area contributed by atoms with Gasteiger partial charge in [-0.25, -0.2) is 4.98 Å². The molecule has 0 saturated carbocycles. The van der Waals surface area contributed by atoms with Crippen LogP contribution in [-0.2, 0) is 6.18 Å². The highest BCUT2D eigenvalue weighted by Crippen LogP contribution is 2.33. The molecule has 0 amide bonds. The number of alkyl halides is 3. The van der Waals surface area contributed by atoms with Crippen molar-refractivity contribution in [3.05, 3.63) is 25.5 Å². The van der Waals surface area contributed by atoms with Gasteiger partial charge in [0.15, 0.2) is 0 Å². The minimum atomic E-state index is -4.49. The van der Waals surface area contributed by atoms with Gasteiger partial charge in [-0.05, 0) is 28.7 Å². The number of rotatable bonds is 0. The lowest BCUT2D eigenvalue weighted by molar-refractivity contribution is -0.141. The van der Waals surface area contributed by atoms with E-state index in [0.717, 1.165) is 6.07 Å². The first kappa shape index (κ1) is 11.3. The Bertz CT molecular complexity index is 316. The van der Waals surface area contributed by atoms with Crippen LogP contribution in [0.5, 0.6) is 0 Å². The summed E-state index contributed by atoms with van der Waals surface area (Å²) < 4.78 is 36.6. The maximum absolute atomic E-state index is 12.1. The summed E-state index contributed by atoms with van der Waals surface area (Å²) in [6, 6.07) is 0.842. The zero-order valence-electron chi connectivity index (χ0n) is 5.79. The van der Waals surface area contributed by atoms with E-state index < -0.39 is 11.9 Å². The molecule has 1 aromatic rings. The summed E-state index contributed by atoms with van der Waals surface area (Å²) in [5, 5.41) is -0.295. The molecule has 0 unspecified atom stereocenters. The summed E-state index contributed by atoms with van der Waals surface area (Å²) in [5.74, 6) is 0. The normalized spacial score (nSPS) is 11.8. The molecule has 13 heavy (non-hydrogen) atoms. The zero-order valence-corrected chi connectivity index (χ0v) is 9.46. The first-order valence-corrected chi connectivity index (χ1v) is 4.74. The Morgan fingerprint density at radius 1 is 1.31 bits per heavy atom. The molecule has 0 aliphatic carbocycles. The van der Waals surface area contributed by atoms with Gasteiger partial charge in [0, 0.05) is 3.57 Å². The van der Waals surface area contributed by atoms with Gasteiger partial charge in [-0.3, -0.25) is 0 Å². The molecule has 1 heterocycles. The maximum atomic E-state index is 12.1. The minimum absolute atomic E-state index is 0.0373. The largest absolute Gasteiger partial charge is 0.433 e.